The zero-order chi connectivity index (χ0) is 27.2. The molecule has 194 valence electrons. The van der Waals surface area contributed by atoms with Crippen molar-refractivity contribution in [3.63, 3.8) is 0 Å². The lowest BCUT2D eigenvalue weighted by molar-refractivity contribution is -0.140. The van der Waals surface area contributed by atoms with Crippen LogP contribution in [0.15, 0.2) is 36.4 Å². The van der Waals surface area contributed by atoms with Gasteiger partial charge >= 0.3 is 6.18 Å². The van der Waals surface area contributed by atoms with E-state index in [9.17, 15) is 22.8 Å². The fraction of sp³-hybridized carbons (Fsp3) is 0.423. The highest BCUT2D eigenvalue weighted by molar-refractivity contribution is 7.81. The van der Waals surface area contributed by atoms with E-state index >= 15 is 4.39 Å². The molecule has 0 aromatic heterocycles. The van der Waals surface area contributed by atoms with Crippen molar-refractivity contribution in [3.8, 4) is 0 Å². The number of halogens is 4. The molecule has 2 amide bonds. The van der Waals surface area contributed by atoms with Crippen molar-refractivity contribution in [2.24, 2.45) is 5.41 Å². The van der Waals surface area contributed by atoms with Gasteiger partial charge in [0.1, 0.15) is 5.54 Å². The third-order valence-corrected chi connectivity index (χ3v) is 6.96. The number of amides is 2. The summed E-state index contributed by atoms with van der Waals surface area (Å²) < 4.78 is 55.6. The summed E-state index contributed by atoms with van der Waals surface area (Å²) in [4.78, 5) is 27.7. The van der Waals surface area contributed by atoms with Gasteiger partial charge < -0.3 is 10.2 Å². The second-order valence-electron chi connectivity index (χ2n) is 10.0. The number of benzene rings is 2. The van der Waals surface area contributed by atoms with E-state index in [1.54, 1.807) is 33.0 Å². The first-order valence-corrected chi connectivity index (χ1v) is 11.8. The van der Waals surface area contributed by atoms with Crippen LogP contribution in [0.5, 0.6) is 0 Å². The minimum absolute atomic E-state index is 0.0566. The number of hydrogen-bond acceptors (Lipinski definition) is 3. The SMILES string of the molecule is CNC(=O)C(C)(C)CCc1ccc(N2C(=S)N(c3ccc(C)c(C(F)(F)F)c3F)C(=O)C2(C)C)cc1. The molecule has 0 radical (unpaired) electrons. The molecule has 5 nitrogen and oxygen atoms in total. The van der Waals surface area contributed by atoms with Crippen molar-refractivity contribution in [1.29, 1.82) is 0 Å². The first kappa shape index (κ1) is 27.6. The highest BCUT2D eigenvalue weighted by atomic mass is 32.1. The smallest absolute Gasteiger partial charge is 0.359 e. The molecule has 1 aliphatic rings. The van der Waals surface area contributed by atoms with Gasteiger partial charge in [-0.15, -0.1) is 0 Å². The van der Waals surface area contributed by atoms with Gasteiger partial charge in [-0.3, -0.25) is 14.5 Å². The minimum atomic E-state index is -4.92. The summed E-state index contributed by atoms with van der Waals surface area (Å²) >= 11 is 5.49. The molecule has 0 bridgehead atoms. The summed E-state index contributed by atoms with van der Waals surface area (Å²) in [5, 5.41) is 2.54. The molecular weight excluding hydrogens is 494 g/mol. The van der Waals surface area contributed by atoms with Crippen LogP contribution in [0.4, 0.5) is 28.9 Å². The normalized spacial score (nSPS) is 16.1. The molecule has 0 saturated carbocycles. The van der Waals surface area contributed by atoms with Crippen molar-refractivity contribution < 1.29 is 27.2 Å². The van der Waals surface area contributed by atoms with E-state index in [4.69, 9.17) is 12.2 Å². The predicted octanol–water partition coefficient (Wildman–Crippen LogP) is 5.77. The Balaban J connectivity index is 1.93. The Morgan fingerprint density at radius 1 is 1.08 bits per heavy atom. The van der Waals surface area contributed by atoms with E-state index in [1.165, 1.54) is 4.90 Å². The highest BCUT2D eigenvalue weighted by Crippen LogP contribution is 2.41. The van der Waals surface area contributed by atoms with Crippen LogP contribution < -0.4 is 15.1 Å². The van der Waals surface area contributed by atoms with Crippen LogP contribution >= 0.6 is 12.2 Å². The standard InChI is InChI=1S/C26H29F4N3O2S/c1-15-7-12-18(20(27)19(15)26(28,29)30)32-22(35)25(4,5)33(23(32)36)17-10-8-16(9-11-17)13-14-24(2,3)21(34)31-6/h7-12H,13-14H2,1-6H3,(H,31,34). The molecule has 1 heterocycles. The zero-order valence-corrected chi connectivity index (χ0v) is 21.8. The fourth-order valence-electron chi connectivity index (χ4n) is 4.34. The number of anilines is 2. The van der Waals surface area contributed by atoms with Crippen LogP contribution in [-0.2, 0) is 22.2 Å². The van der Waals surface area contributed by atoms with E-state index in [-0.39, 0.29) is 16.6 Å². The van der Waals surface area contributed by atoms with Gasteiger partial charge in [0.05, 0.1) is 11.3 Å². The van der Waals surface area contributed by atoms with Gasteiger partial charge in [0, 0.05) is 18.2 Å². The number of thiocarbonyl (C=S) groups is 1. The molecule has 1 fully saturated rings. The van der Waals surface area contributed by atoms with Crippen LogP contribution in [0.1, 0.15) is 50.8 Å². The van der Waals surface area contributed by atoms with E-state index in [1.807, 2.05) is 26.0 Å². The summed E-state index contributed by atoms with van der Waals surface area (Å²) in [6.07, 6.45) is -3.68. The van der Waals surface area contributed by atoms with Gasteiger partial charge in [-0.1, -0.05) is 32.0 Å². The Labute approximate surface area is 213 Å². The van der Waals surface area contributed by atoms with Gasteiger partial charge in [-0.25, -0.2) is 4.39 Å². The second-order valence-corrected chi connectivity index (χ2v) is 10.4. The molecule has 36 heavy (non-hydrogen) atoms. The van der Waals surface area contributed by atoms with Crippen molar-refractivity contribution in [1.82, 2.24) is 5.32 Å². The number of alkyl halides is 3. The Kier molecular flexibility index (Phi) is 7.25. The van der Waals surface area contributed by atoms with Crippen LogP contribution in [0.2, 0.25) is 0 Å². The Bertz CT molecular complexity index is 1210. The summed E-state index contributed by atoms with van der Waals surface area (Å²) in [5.41, 5.74) is -2.56. The van der Waals surface area contributed by atoms with Crippen molar-refractivity contribution >= 4 is 40.5 Å². The maximum atomic E-state index is 15.1. The predicted molar refractivity (Wildman–Crippen MR) is 135 cm³/mol. The number of carbonyl (C=O) groups excluding carboxylic acids is 2. The third-order valence-electron chi connectivity index (χ3n) is 6.60. The lowest BCUT2D eigenvalue weighted by atomic mass is 9.85. The van der Waals surface area contributed by atoms with Gasteiger partial charge in [0.15, 0.2) is 10.9 Å². The second kappa shape index (κ2) is 9.46. The molecule has 0 unspecified atom stereocenters. The first-order valence-electron chi connectivity index (χ1n) is 11.4. The van der Waals surface area contributed by atoms with Gasteiger partial charge in [0.2, 0.25) is 5.91 Å². The lowest BCUT2D eigenvalue weighted by Crippen LogP contribution is -2.44. The maximum Gasteiger partial charge on any atom is 0.419 e. The molecule has 0 aliphatic carbocycles. The topological polar surface area (TPSA) is 52.7 Å². The quantitative estimate of drug-likeness (QED) is 0.386. The molecule has 10 heteroatoms. The average molecular weight is 524 g/mol. The van der Waals surface area contributed by atoms with E-state index in [0.29, 0.717) is 18.5 Å². The molecule has 2 aromatic carbocycles. The number of rotatable bonds is 6. The largest absolute Gasteiger partial charge is 0.419 e. The van der Waals surface area contributed by atoms with Crippen LogP contribution in [0.3, 0.4) is 0 Å². The van der Waals surface area contributed by atoms with Gasteiger partial charge in [-0.2, -0.15) is 13.2 Å². The number of nitrogens with zero attached hydrogens (tertiary/aromatic N) is 2. The molecule has 2 aromatic rings. The van der Waals surface area contributed by atoms with E-state index < -0.39 is 40.1 Å². The average Bonchev–Trinajstić information content (AvgIpc) is 2.95. The first-order chi connectivity index (χ1) is 16.5. The summed E-state index contributed by atoms with van der Waals surface area (Å²) in [6, 6.07) is 9.45. The molecule has 3 rings (SSSR count). The Hall–Kier alpha value is -3.01. The molecule has 1 N–H and O–H groups in total. The van der Waals surface area contributed by atoms with Gasteiger partial charge in [0.25, 0.3) is 5.91 Å². The van der Waals surface area contributed by atoms with Gasteiger partial charge in [-0.05, 0) is 75.2 Å². The summed E-state index contributed by atoms with van der Waals surface area (Å²) in [5.74, 6) is -2.23. The molecular formula is C26H29F4N3O2S. The van der Waals surface area contributed by atoms with Crippen molar-refractivity contribution in [2.75, 3.05) is 16.8 Å². The third kappa shape index (κ3) is 4.83. The van der Waals surface area contributed by atoms with Crippen LogP contribution in [0, 0.1) is 18.2 Å². The number of nitrogens with one attached hydrogen (secondary N) is 1. The van der Waals surface area contributed by atoms with Crippen LogP contribution in [-0.4, -0.2) is 29.5 Å². The molecule has 1 saturated heterocycles. The lowest BCUT2D eigenvalue weighted by Gasteiger charge is -2.29. The summed E-state index contributed by atoms with van der Waals surface area (Å²) in [6.45, 7) is 8.05. The van der Waals surface area contributed by atoms with E-state index in [0.717, 1.165) is 29.5 Å². The molecule has 0 atom stereocenters. The summed E-state index contributed by atoms with van der Waals surface area (Å²) in [7, 11) is 1.59. The molecule has 0 spiro atoms. The Morgan fingerprint density at radius 2 is 1.67 bits per heavy atom. The zero-order valence-electron chi connectivity index (χ0n) is 21.0. The van der Waals surface area contributed by atoms with Crippen LogP contribution in [0.25, 0.3) is 0 Å². The number of hydrogen-bond donors (Lipinski definition) is 1. The van der Waals surface area contributed by atoms with E-state index in [2.05, 4.69) is 5.32 Å². The van der Waals surface area contributed by atoms with Crippen molar-refractivity contribution in [3.05, 3.63) is 58.9 Å². The minimum Gasteiger partial charge on any atom is -0.359 e. The number of aryl methyl sites for hydroxylation is 2. The fourth-order valence-corrected chi connectivity index (χ4v) is 4.86. The van der Waals surface area contributed by atoms with Crippen molar-refractivity contribution in [2.45, 2.75) is 59.2 Å². The molecule has 1 aliphatic heterocycles. The maximum absolute atomic E-state index is 15.1. The monoisotopic (exact) mass is 523 g/mol. The Morgan fingerprint density at radius 3 is 2.19 bits per heavy atom. The highest BCUT2D eigenvalue weighted by Gasteiger charge is 2.51. The number of carbonyl (C=O) groups is 2.